The Morgan fingerprint density at radius 1 is 1.21 bits per heavy atom. The largest absolute Gasteiger partial charge is 0.294 e. The predicted molar refractivity (Wildman–Crippen MR) is 87.4 cm³/mol. The zero-order valence-corrected chi connectivity index (χ0v) is 14.3. The van der Waals surface area contributed by atoms with Crippen molar-refractivity contribution in [1.29, 1.82) is 0 Å². The maximum absolute atomic E-state index is 12.3. The Labute approximate surface area is 120 Å². The van der Waals surface area contributed by atoms with Crippen molar-refractivity contribution in [2.45, 2.75) is 65.5 Å². The summed E-state index contributed by atoms with van der Waals surface area (Å²) in [6, 6.07) is 4.34. The van der Waals surface area contributed by atoms with E-state index in [0.717, 1.165) is 23.1 Å². The van der Waals surface area contributed by atoms with Gasteiger partial charge in [0.2, 0.25) is 0 Å². The number of rotatable bonds is 4. The van der Waals surface area contributed by atoms with Gasteiger partial charge >= 0.3 is 0 Å². The second-order valence-corrected chi connectivity index (χ2v) is 7.81. The third kappa shape index (κ3) is 4.42. The molecule has 0 amide bonds. The van der Waals surface area contributed by atoms with Crippen molar-refractivity contribution in [3.63, 3.8) is 0 Å². The van der Waals surface area contributed by atoms with Crippen LogP contribution >= 0.6 is 9.24 Å². The standard InChI is InChI=1S/C17H27OP/c1-11-9-14(17(4,5)6)10-12(2)16(11)15(18)8-7-13(3)19/h9-10,13H,7-8,19H2,1-6H3. The zero-order valence-electron chi connectivity index (χ0n) is 13.1. The quantitative estimate of drug-likeness (QED) is 0.569. The van der Waals surface area contributed by atoms with Crippen molar-refractivity contribution in [2.75, 3.05) is 0 Å². The first-order valence-electron chi connectivity index (χ1n) is 7.03. The SMILES string of the molecule is Cc1cc(C(C)(C)C)cc(C)c1C(=O)CCC(C)P. The number of aryl methyl sites for hydroxylation is 2. The van der Waals surface area contributed by atoms with E-state index < -0.39 is 0 Å². The lowest BCUT2D eigenvalue weighted by atomic mass is 9.83. The highest BCUT2D eigenvalue weighted by Crippen LogP contribution is 2.27. The van der Waals surface area contributed by atoms with E-state index in [4.69, 9.17) is 0 Å². The highest BCUT2D eigenvalue weighted by molar-refractivity contribution is 7.17. The van der Waals surface area contributed by atoms with Crippen LogP contribution in [0, 0.1) is 13.8 Å². The third-order valence-electron chi connectivity index (χ3n) is 3.50. The van der Waals surface area contributed by atoms with Crippen molar-refractivity contribution >= 4 is 15.0 Å². The molecule has 0 fully saturated rings. The first-order valence-corrected chi connectivity index (χ1v) is 7.70. The maximum Gasteiger partial charge on any atom is 0.163 e. The van der Waals surface area contributed by atoms with Gasteiger partial charge in [-0.25, -0.2) is 0 Å². The van der Waals surface area contributed by atoms with Crippen LogP contribution in [0.5, 0.6) is 0 Å². The lowest BCUT2D eigenvalue weighted by Gasteiger charge is -2.22. The van der Waals surface area contributed by atoms with Gasteiger partial charge in [0.05, 0.1) is 0 Å². The monoisotopic (exact) mass is 278 g/mol. The Bertz CT molecular complexity index is 444. The van der Waals surface area contributed by atoms with E-state index in [1.54, 1.807) is 0 Å². The van der Waals surface area contributed by atoms with Gasteiger partial charge in [-0.1, -0.05) is 39.8 Å². The molecule has 1 aromatic rings. The average molecular weight is 278 g/mol. The normalized spacial score (nSPS) is 13.4. The summed E-state index contributed by atoms with van der Waals surface area (Å²) in [6.07, 6.45) is 1.57. The summed E-state index contributed by atoms with van der Waals surface area (Å²) in [6.45, 7) is 12.9. The second kappa shape index (κ2) is 6.18. The minimum absolute atomic E-state index is 0.131. The molecule has 0 aromatic heterocycles. The van der Waals surface area contributed by atoms with Crippen LogP contribution in [-0.2, 0) is 5.41 Å². The molecule has 0 radical (unpaired) electrons. The number of Topliss-reactive ketones (excluding diaryl/α,β-unsaturated/α-hetero) is 1. The minimum atomic E-state index is 0.131. The first-order chi connectivity index (χ1) is 8.62. The summed E-state index contributed by atoms with van der Waals surface area (Å²) in [5, 5.41) is 0. The van der Waals surface area contributed by atoms with Crippen molar-refractivity contribution in [3.8, 4) is 0 Å². The molecule has 19 heavy (non-hydrogen) atoms. The molecule has 0 aliphatic rings. The van der Waals surface area contributed by atoms with Crippen LogP contribution in [0.1, 0.15) is 67.6 Å². The van der Waals surface area contributed by atoms with E-state index in [2.05, 4.69) is 62.9 Å². The molecular weight excluding hydrogens is 251 g/mol. The summed E-state index contributed by atoms with van der Waals surface area (Å²) in [7, 11) is 2.76. The van der Waals surface area contributed by atoms with Crippen LogP contribution in [0.15, 0.2) is 12.1 Å². The molecule has 2 heteroatoms. The van der Waals surface area contributed by atoms with E-state index in [-0.39, 0.29) is 11.2 Å². The van der Waals surface area contributed by atoms with Crippen molar-refractivity contribution in [3.05, 3.63) is 34.4 Å². The Morgan fingerprint density at radius 2 is 1.68 bits per heavy atom. The van der Waals surface area contributed by atoms with Crippen molar-refractivity contribution in [1.82, 2.24) is 0 Å². The lowest BCUT2D eigenvalue weighted by molar-refractivity contribution is 0.0979. The van der Waals surface area contributed by atoms with Crippen molar-refractivity contribution in [2.24, 2.45) is 0 Å². The van der Waals surface area contributed by atoms with E-state index >= 15 is 0 Å². The summed E-state index contributed by atoms with van der Waals surface area (Å²) in [5.74, 6) is 0.282. The molecule has 1 nitrogen and oxygen atoms in total. The molecule has 0 saturated heterocycles. The minimum Gasteiger partial charge on any atom is -0.294 e. The molecule has 2 atom stereocenters. The molecule has 2 unspecified atom stereocenters. The van der Waals surface area contributed by atoms with Crippen LogP contribution in [0.2, 0.25) is 0 Å². The molecule has 1 rings (SSSR count). The van der Waals surface area contributed by atoms with Gasteiger partial charge < -0.3 is 0 Å². The summed E-state index contributed by atoms with van der Waals surface area (Å²) >= 11 is 0. The van der Waals surface area contributed by atoms with Gasteiger partial charge in [-0.05, 0) is 48.0 Å². The summed E-state index contributed by atoms with van der Waals surface area (Å²) in [4.78, 5) is 12.3. The smallest absolute Gasteiger partial charge is 0.163 e. The van der Waals surface area contributed by atoms with Crippen LogP contribution in [0.25, 0.3) is 0 Å². The van der Waals surface area contributed by atoms with Crippen LogP contribution in [0.3, 0.4) is 0 Å². The van der Waals surface area contributed by atoms with Crippen LogP contribution in [-0.4, -0.2) is 11.4 Å². The lowest BCUT2D eigenvalue weighted by Crippen LogP contribution is -2.14. The Balaban J connectivity index is 3.07. The molecule has 0 bridgehead atoms. The van der Waals surface area contributed by atoms with Gasteiger partial charge in [0.25, 0.3) is 0 Å². The van der Waals surface area contributed by atoms with E-state index in [0.29, 0.717) is 12.1 Å². The van der Waals surface area contributed by atoms with E-state index in [1.807, 2.05) is 0 Å². The fourth-order valence-corrected chi connectivity index (χ4v) is 2.49. The van der Waals surface area contributed by atoms with Crippen molar-refractivity contribution < 1.29 is 4.79 Å². The molecular formula is C17H27OP. The number of ketones is 1. The zero-order chi connectivity index (χ0) is 14.8. The van der Waals surface area contributed by atoms with Crippen LogP contribution < -0.4 is 0 Å². The predicted octanol–water partition coefficient (Wildman–Crippen LogP) is 4.83. The molecule has 0 aliphatic carbocycles. The highest BCUT2D eigenvalue weighted by Gasteiger charge is 2.19. The fourth-order valence-electron chi connectivity index (χ4n) is 2.32. The Kier molecular flexibility index (Phi) is 5.33. The highest BCUT2D eigenvalue weighted by atomic mass is 31.0. The second-order valence-electron chi connectivity index (χ2n) is 6.67. The Hall–Kier alpha value is -0.680. The van der Waals surface area contributed by atoms with E-state index in [1.165, 1.54) is 5.56 Å². The topological polar surface area (TPSA) is 17.1 Å². The fraction of sp³-hybridized carbons (Fsp3) is 0.588. The van der Waals surface area contributed by atoms with E-state index in [9.17, 15) is 4.79 Å². The number of carbonyl (C=O) groups is 1. The molecule has 0 saturated carbocycles. The number of hydrogen-bond acceptors (Lipinski definition) is 1. The number of benzene rings is 1. The molecule has 0 spiro atoms. The molecule has 106 valence electrons. The first kappa shape index (κ1) is 16.4. The number of hydrogen-bond donors (Lipinski definition) is 0. The average Bonchev–Trinajstić information content (AvgIpc) is 2.24. The van der Waals surface area contributed by atoms with Gasteiger partial charge in [0.1, 0.15) is 0 Å². The molecule has 0 heterocycles. The molecule has 0 aliphatic heterocycles. The Morgan fingerprint density at radius 3 is 2.05 bits per heavy atom. The molecule has 1 aromatic carbocycles. The molecule has 0 N–H and O–H groups in total. The summed E-state index contributed by atoms with van der Waals surface area (Å²) in [5.41, 5.74) is 5.10. The summed E-state index contributed by atoms with van der Waals surface area (Å²) < 4.78 is 0. The maximum atomic E-state index is 12.3. The van der Waals surface area contributed by atoms with Gasteiger partial charge in [-0.3, -0.25) is 4.79 Å². The van der Waals surface area contributed by atoms with Crippen LogP contribution in [0.4, 0.5) is 0 Å². The number of carbonyl (C=O) groups excluding carboxylic acids is 1. The van der Waals surface area contributed by atoms with Gasteiger partial charge in [0.15, 0.2) is 5.78 Å². The van der Waals surface area contributed by atoms with Gasteiger partial charge in [0, 0.05) is 12.0 Å². The van der Waals surface area contributed by atoms with Gasteiger partial charge in [-0.2, -0.15) is 0 Å². The van der Waals surface area contributed by atoms with Gasteiger partial charge in [-0.15, -0.1) is 9.24 Å². The third-order valence-corrected chi connectivity index (χ3v) is 3.84.